The van der Waals surface area contributed by atoms with E-state index in [1.54, 1.807) is 6.21 Å². The molecule has 0 fully saturated rings. The van der Waals surface area contributed by atoms with Crippen molar-refractivity contribution in [3.8, 4) is 5.69 Å². The molecule has 5 nitrogen and oxygen atoms in total. The van der Waals surface area contributed by atoms with Gasteiger partial charge in [-0.05, 0) is 73.7 Å². The fourth-order valence-electron chi connectivity index (χ4n) is 5.04. The smallest absolute Gasteiger partial charge is 0.271 e. The average molecular weight is 477 g/mol. The van der Waals surface area contributed by atoms with Crippen LogP contribution in [-0.2, 0) is 19.5 Å². The Labute approximate surface area is 213 Å². The number of amides is 1. The number of fused-ring (bicyclic) bond motifs is 1. The van der Waals surface area contributed by atoms with Gasteiger partial charge in [0.05, 0.1) is 6.21 Å². The quantitative estimate of drug-likeness (QED) is 0.286. The third-order valence-electron chi connectivity index (χ3n) is 7.03. The van der Waals surface area contributed by atoms with E-state index in [0.717, 1.165) is 48.7 Å². The van der Waals surface area contributed by atoms with Crippen molar-refractivity contribution < 1.29 is 4.79 Å². The van der Waals surface area contributed by atoms with Crippen molar-refractivity contribution >= 4 is 12.1 Å². The first-order valence-electron chi connectivity index (χ1n) is 12.5. The Bertz CT molecular complexity index is 1420. The highest BCUT2D eigenvalue weighted by Crippen LogP contribution is 2.23. The van der Waals surface area contributed by atoms with Gasteiger partial charge in [0.25, 0.3) is 5.91 Å². The van der Waals surface area contributed by atoms with Gasteiger partial charge < -0.3 is 4.57 Å². The zero-order valence-electron chi connectivity index (χ0n) is 21.2. The van der Waals surface area contributed by atoms with Crippen LogP contribution in [0.4, 0.5) is 0 Å². The van der Waals surface area contributed by atoms with E-state index < -0.39 is 0 Å². The van der Waals surface area contributed by atoms with E-state index in [9.17, 15) is 4.79 Å². The molecule has 5 rings (SSSR count). The summed E-state index contributed by atoms with van der Waals surface area (Å²) in [4.78, 5) is 15.1. The number of hydrogen-bond acceptors (Lipinski definition) is 3. The minimum Gasteiger partial charge on any atom is -0.318 e. The molecule has 0 saturated carbocycles. The van der Waals surface area contributed by atoms with Crippen LogP contribution in [-0.4, -0.2) is 28.1 Å². The molecule has 0 spiro atoms. The van der Waals surface area contributed by atoms with Crippen LogP contribution in [0.15, 0.2) is 84.0 Å². The van der Waals surface area contributed by atoms with E-state index >= 15 is 0 Å². The van der Waals surface area contributed by atoms with Gasteiger partial charge in [-0.15, -0.1) is 0 Å². The third-order valence-corrected chi connectivity index (χ3v) is 7.03. The molecule has 1 aliphatic heterocycles. The highest BCUT2D eigenvalue weighted by molar-refractivity contribution is 5.95. The number of para-hydroxylation sites is 1. The number of nitrogens with zero attached hydrogens (tertiary/aromatic N) is 3. The van der Waals surface area contributed by atoms with Crippen LogP contribution in [0.5, 0.6) is 0 Å². The summed E-state index contributed by atoms with van der Waals surface area (Å²) in [6.45, 7) is 9.17. The molecule has 36 heavy (non-hydrogen) atoms. The number of nitrogens with one attached hydrogen (secondary N) is 1. The molecule has 182 valence electrons. The summed E-state index contributed by atoms with van der Waals surface area (Å²) in [6.07, 6.45) is 2.81. The number of aryl methyl sites for hydroxylation is 2. The van der Waals surface area contributed by atoms with Gasteiger partial charge in [-0.3, -0.25) is 9.69 Å². The van der Waals surface area contributed by atoms with Gasteiger partial charge in [-0.1, -0.05) is 54.6 Å². The molecule has 1 N–H and O–H groups in total. The molecular formula is C31H32N4O. The molecule has 0 saturated heterocycles. The first-order chi connectivity index (χ1) is 17.5. The zero-order valence-corrected chi connectivity index (χ0v) is 21.2. The van der Waals surface area contributed by atoms with Gasteiger partial charge in [0, 0.05) is 47.8 Å². The lowest BCUT2D eigenvalue weighted by Crippen LogP contribution is -2.30. The molecular weight excluding hydrogens is 444 g/mol. The van der Waals surface area contributed by atoms with Crippen molar-refractivity contribution in [2.24, 2.45) is 5.10 Å². The molecule has 5 heteroatoms. The van der Waals surface area contributed by atoms with Gasteiger partial charge in [-0.2, -0.15) is 5.10 Å². The maximum absolute atomic E-state index is 12.7. The van der Waals surface area contributed by atoms with Crippen molar-refractivity contribution in [2.45, 2.75) is 40.3 Å². The van der Waals surface area contributed by atoms with E-state index in [-0.39, 0.29) is 5.91 Å². The predicted octanol–water partition coefficient (Wildman–Crippen LogP) is 5.72. The Morgan fingerprint density at radius 1 is 0.944 bits per heavy atom. The summed E-state index contributed by atoms with van der Waals surface area (Å²) in [5.74, 6) is -0.211. The van der Waals surface area contributed by atoms with Gasteiger partial charge in [-0.25, -0.2) is 5.43 Å². The number of benzene rings is 3. The van der Waals surface area contributed by atoms with E-state index in [1.807, 2.05) is 36.4 Å². The summed E-state index contributed by atoms with van der Waals surface area (Å²) in [6, 6.07) is 26.9. The Morgan fingerprint density at radius 3 is 2.44 bits per heavy atom. The van der Waals surface area contributed by atoms with Gasteiger partial charge in [0.15, 0.2) is 0 Å². The second-order valence-electron chi connectivity index (χ2n) is 9.57. The lowest BCUT2D eigenvalue weighted by atomic mass is 9.99. The Hall–Kier alpha value is -3.96. The van der Waals surface area contributed by atoms with Gasteiger partial charge in [0.1, 0.15) is 0 Å². The van der Waals surface area contributed by atoms with Gasteiger partial charge >= 0.3 is 0 Å². The minimum absolute atomic E-state index is 0.211. The van der Waals surface area contributed by atoms with Crippen molar-refractivity contribution in [1.29, 1.82) is 0 Å². The maximum Gasteiger partial charge on any atom is 0.271 e. The fraction of sp³-hybridized carbons (Fsp3) is 0.226. The van der Waals surface area contributed by atoms with Crippen LogP contribution in [0, 0.1) is 20.8 Å². The highest BCUT2D eigenvalue weighted by atomic mass is 16.2. The standard InChI is InChI=1S/C31H32N4O/c1-22-8-4-7-11-30(22)35-23(2)18-29(24(35)3)19-32-33-31(36)27-14-12-25(13-15-27)20-34-17-16-26-9-5-6-10-28(26)21-34/h4-15,18-19H,16-17,20-21H2,1-3H3,(H,33,36)/b32-19+. The molecule has 0 radical (unpaired) electrons. The first-order valence-corrected chi connectivity index (χ1v) is 12.5. The lowest BCUT2D eigenvalue weighted by Gasteiger charge is -2.28. The number of aromatic nitrogens is 1. The number of hydrogen-bond donors (Lipinski definition) is 1. The highest BCUT2D eigenvalue weighted by Gasteiger charge is 2.16. The van der Waals surface area contributed by atoms with Crippen molar-refractivity contribution in [1.82, 2.24) is 14.9 Å². The largest absolute Gasteiger partial charge is 0.318 e. The molecule has 0 unspecified atom stereocenters. The van der Waals surface area contributed by atoms with Crippen molar-refractivity contribution in [3.63, 3.8) is 0 Å². The van der Waals surface area contributed by atoms with Crippen molar-refractivity contribution in [2.75, 3.05) is 6.54 Å². The second kappa shape index (κ2) is 10.3. The van der Waals surface area contributed by atoms with Crippen LogP contribution in [0.25, 0.3) is 5.69 Å². The van der Waals surface area contributed by atoms with Crippen LogP contribution in [0.1, 0.15) is 49.6 Å². The predicted molar refractivity (Wildman–Crippen MR) is 146 cm³/mol. The normalized spacial score (nSPS) is 13.6. The van der Waals surface area contributed by atoms with E-state index in [2.05, 4.69) is 83.2 Å². The Kier molecular flexibility index (Phi) is 6.83. The topological polar surface area (TPSA) is 49.6 Å². The molecule has 0 atom stereocenters. The Morgan fingerprint density at radius 2 is 1.67 bits per heavy atom. The van der Waals surface area contributed by atoms with Crippen LogP contribution in [0.3, 0.4) is 0 Å². The Balaban J connectivity index is 1.20. The zero-order chi connectivity index (χ0) is 25.1. The van der Waals surface area contributed by atoms with E-state index in [0.29, 0.717) is 5.56 Å². The monoisotopic (exact) mass is 476 g/mol. The van der Waals surface area contributed by atoms with Gasteiger partial charge in [0.2, 0.25) is 0 Å². The summed E-state index contributed by atoms with van der Waals surface area (Å²) >= 11 is 0. The molecule has 0 bridgehead atoms. The summed E-state index contributed by atoms with van der Waals surface area (Å²) < 4.78 is 2.22. The molecule has 1 amide bonds. The van der Waals surface area contributed by atoms with Crippen LogP contribution < -0.4 is 5.43 Å². The average Bonchev–Trinajstić information content (AvgIpc) is 3.17. The number of hydrazone groups is 1. The molecule has 2 heterocycles. The summed E-state index contributed by atoms with van der Waals surface area (Å²) in [5, 5.41) is 4.24. The van der Waals surface area contributed by atoms with Crippen molar-refractivity contribution in [3.05, 3.63) is 124 Å². The maximum atomic E-state index is 12.7. The third kappa shape index (κ3) is 5.02. The SMILES string of the molecule is Cc1ccccc1-n1c(C)cc(/C=N/NC(=O)c2ccc(CN3CCc4ccccc4C3)cc2)c1C. The molecule has 1 aromatic heterocycles. The number of carbonyl (C=O) groups excluding carboxylic acids is 1. The van der Waals surface area contributed by atoms with E-state index in [1.165, 1.54) is 22.3 Å². The van der Waals surface area contributed by atoms with Crippen LogP contribution in [0.2, 0.25) is 0 Å². The van der Waals surface area contributed by atoms with E-state index in [4.69, 9.17) is 0 Å². The number of carbonyl (C=O) groups is 1. The molecule has 4 aromatic rings. The molecule has 0 aliphatic carbocycles. The second-order valence-corrected chi connectivity index (χ2v) is 9.57. The molecule has 3 aromatic carbocycles. The fourth-order valence-corrected chi connectivity index (χ4v) is 5.04. The lowest BCUT2D eigenvalue weighted by molar-refractivity contribution is 0.0955. The van der Waals surface area contributed by atoms with Crippen LogP contribution >= 0.6 is 0 Å². The molecule has 1 aliphatic rings. The summed E-state index contributed by atoms with van der Waals surface area (Å²) in [7, 11) is 0. The number of rotatable bonds is 6. The first kappa shape index (κ1) is 23.8. The minimum atomic E-state index is -0.211. The summed E-state index contributed by atoms with van der Waals surface area (Å²) in [5.41, 5.74) is 12.9.